The lowest BCUT2D eigenvalue weighted by atomic mass is 10.3. The first-order chi connectivity index (χ1) is 7.75. The summed E-state index contributed by atoms with van der Waals surface area (Å²) in [5.74, 6) is 0.590. The van der Waals surface area contributed by atoms with Crippen molar-refractivity contribution in [1.29, 1.82) is 0 Å². The van der Waals surface area contributed by atoms with Crippen LogP contribution in [0.2, 0.25) is 4.34 Å². The second-order valence-corrected chi connectivity index (χ2v) is 5.89. The molecule has 2 rings (SSSR count). The van der Waals surface area contributed by atoms with Crippen LogP contribution in [0.4, 0.5) is 0 Å². The number of thioether (sulfide) groups is 1. The fraction of sp³-hybridized carbons (Fsp3) is 0.0833. The van der Waals surface area contributed by atoms with Gasteiger partial charge in [-0.2, -0.15) is 0 Å². The minimum atomic E-state index is 0.130. The zero-order valence-corrected chi connectivity index (χ0v) is 10.7. The van der Waals surface area contributed by atoms with Gasteiger partial charge in [-0.1, -0.05) is 29.8 Å². The molecular formula is C12H9ClOS2. The first-order valence-electron chi connectivity index (χ1n) is 4.72. The molecule has 0 aliphatic heterocycles. The first kappa shape index (κ1) is 11.7. The van der Waals surface area contributed by atoms with Crippen LogP contribution in [0.3, 0.4) is 0 Å². The van der Waals surface area contributed by atoms with Crippen molar-refractivity contribution >= 4 is 40.5 Å². The summed E-state index contributed by atoms with van der Waals surface area (Å²) in [4.78, 5) is 13.6. The lowest BCUT2D eigenvalue weighted by Gasteiger charge is -1.98. The van der Waals surface area contributed by atoms with Gasteiger partial charge in [0.1, 0.15) is 0 Å². The largest absolute Gasteiger partial charge is 0.292 e. The number of hydrogen-bond acceptors (Lipinski definition) is 3. The van der Waals surface area contributed by atoms with Crippen molar-refractivity contribution in [2.24, 2.45) is 0 Å². The molecule has 0 atom stereocenters. The predicted molar refractivity (Wildman–Crippen MR) is 70.8 cm³/mol. The number of carbonyl (C=O) groups is 1. The molecule has 0 radical (unpaired) electrons. The Labute approximate surface area is 107 Å². The fourth-order valence-electron chi connectivity index (χ4n) is 1.20. The molecule has 0 bridgehead atoms. The number of carbonyl (C=O) groups excluding carboxylic acids is 1. The molecule has 0 unspecified atom stereocenters. The van der Waals surface area contributed by atoms with E-state index >= 15 is 0 Å². The average Bonchev–Trinajstić information content (AvgIpc) is 2.74. The SMILES string of the molecule is O=C(CSc1ccccc1)c1ccc(Cl)s1. The van der Waals surface area contributed by atoms with Crippen LogP contribution in [0.15, 0.2) is 47.4 Å². The Hall–Kier alpha value is -0.770. The van der Waals surface area contributed by atoms with E-state index in [4.69, 9.17) is 11.6 Å². The molecule has 0 saturated heterocycles. The smallest absolute Gasteiger partial charge is 0.183 e. The van der Waals surface area contributed by atoms with Gasteiger partial charge in [0.05, 0.1) is 15.0 Å². The van der Waals surface area contributed by atoms with Crippen LogP contribution < -0.4 is 0 Å². The topological polar surface area (TPSA) is 17.1 Å². The molecule has 1 heterocycles. The van der Waals surface area contributed by atoms with Crippen LogP contribution in [0, 0.1) is 0 Å². The van der Waals surface area contributed by atoms with Gasteiger partial charge in [0.15, 0.2) is 5.78 Å². The zero-order valence-electron chi connectivity index (χ0n) is 8.35. The van der Waals surface area contributed by atoms with Crippen LogP contribution in [0.5, 0.6) is 0 Å². The molecule has 0 fully saturated rings. The van der Waals surface area contributed by atoms with Crippen LogP contribution in [-0.4, -0.2) is 11.5 Å². The summed E-state index contributed by atoms with van der Waals surface area (Å²) in [6.45, 7) is 0. The molecule has 0 aliphatic rings. The molecule has 0 spiro atoms. The van der Waals surface area contributed by atoms with Crippen molar-refractivity contribution in [3.63, 3.8) is 0 Å². The molecule has 82 valence electrons. The summed E-state index contributed by atoms with van der Waals surface area (Å²) in [5, 5.41) is 0. The summed E-state index contributed by atoms with van der Waals surface area (Å²) in [7, 11) is 0. The van der Waals surface area contributed by atoms with Crippen LogP contribution in [-0.2, 0) is 0 Å². The number of halogens is 1. The van der Waals surface area contributed by atoms with Crippen molar-refractivity contribution < 1.29 is 4.79 Å². The van der Waals surface area contributed by atoms with Crippen LogP contribution >= 0.6 is 34.7 Å². The first-order valence-corrected chi connectivity index (χ1v) is 6.90. The standard InChI is InChI=1S/C12H9ClOS2/c13-12-7-6-11(16-12)10(14)8-15-9-4-2-1-3-5-9/h1-7H,8H2. The van der Waals surface area contributed by atoms with Crippen molar-refractivity contribution in [2.75, 3.05) is 5.75 Å². The van der Waals surface area contributed by atoms with E-state index in [1.54, 1.807) is 23.9 Å². The number of hydrogen-bond donors (Lipinski definition) is 0. The van der Waals surface area contributed by atoms with Gasteiger partial charge in [-0.3, -0.25) is 4.79 Å². The van der Waals surface area contributed by atoms with Crippen LogP contribution in [0.25, 0.3) is 0 Å². The molecule has 0 amide bonds. The maximum Gasteiger partial charge on any atom is 0.183 e. The van der Waals surface area contributed by atoms with E-state index in [1.807, 2.05) is 30.3 Å². The number of benzene rings is 1. The van der Waals surface area contributed by atoms with Crippen LogP contribution in [0.1, 0.15) is 9.67 Å². The van der Waals surface area contributed by atoms with E-state index in [9.17, 15) is 4.79 Å². The predicted octanol–water partition coefficient (Wildman–Crippen LogP) is 4.38. The second kappa shape index (κ2) is 5.53. The highest BCUT2D eigenvalue weighted by atomic mass is 35.5. The Morgan fingerprint density at radius 3 is 2.56 bits per heavy atom. The van der Waals surface area contributed by atoms with Gasteiger partial charge in [0.2, 0.25) is 0 Å². The molecule has 1 aromatic carbocycles. The van der Waals surface area contributed by atoms with E-state index in [0.717, 1.165) is 9.77 Å². The molecule has 4 heteroatoms. The van der Waals surface area contributed by atoms with Crippen molar-refractivity contribution in [3.05, 3.63) is 51.7 Å². The van der Waals surface area contributed by atoms with Crippen molar-refractivity contribution in [3.8, 4) is 0 Å². The monoisotopic (exact) mass is 268 g/mol. The van der Waals surface area contributed by atoms with Gasteiger partial charge in [-0.15, -0.1) is 23.1 Å². The lowest BCUT2D eigenvalue weighted by Crippen LogP contribution is -1.98. The summed E-state index contributed by atoms with van der Waals surface area (Å²) >= 11 is 8.66. The molecule has 0 aliphatic carbocycles. The third kappa shape index (κ3) is 3.11. The second-order valence-electron chi connectivity index (χ2n) is 3.13. The Morgan fingerprint density at radius 1 is 1.19 bits per heavy atom. The number of thiophene rings is 1. The summed E-state index contributed by atoms with van der Waals surface area (Å²) < 4.78 is 0.660. The fourth-order valence-corrected chi connectivity index (χ4v) is 3.08. The van der Waals surface area contributed by atoms with E-state index in [-0.39, 0.29) is 5.78 Å². The normalized spacial score (nSPS) is 10.3. The molecule has 1 aromatic heterocycles. The van der Waals surface area contributed by atoms with E-state index < -0.39 is 0 Å². The van der Waals surface area contributed by atoms with Gasteiger partial charge in [0, 0.05) is 4.90 Å². The van der Waals surface area contributed by atoms with Crippen molar-refractivity contribution in [2.45, 2.75) is 4.90 Å². The molecular weight excluding hydrogens is 260 g/mol. The summed E-state index contributed by atoms with van der Waals surface area (Å²) in [6, 6.07) is 13.4. The number of rotatable bonds is 4. The summed E-state index contributed by atoms with van der Waals surface area (Å²) in [5.41, 5.74) is 0. The highest BCUT2D eigenvalue weighted by Gasteiger charge is 2.08. The Morgan fingerprint density at radius 2 is 1.94 bits per heavy atom. The van der Waals surface area contributed by atoms with Crippen molar-refractivity contribution in [1.82, 2.24) is 0 Å². The molecule has 2 aromatic rings. The number of ketones is 1. The molecule has 1 nitrogen and oxygen atoms in total. The Balaban J connectivity index is 1.94. The zero-order chi connectivity index (χ0) is 11.4. The van der Waals surface area contributed by atoms with Gasteiger partial charge >= 0.3 is 0 Å². The maximum atomic E-state index is 11.8. The van der Waals surface area contributed by atoms with E-state index in [1.165, 1.54) is 11.3 Å². The van der Waals surface area contributed by atoms with Gasteiger partial charge in [-0.25, -0.2) is 0 Å². The van der Waals surface area contributed by atoms with Gasteiger partial charge in [-0.05, 0) is 24.3 Å². The molecule has 0 saturated carbocycles. The minimum absolute atomic E-state index is 0.130. The van der Waals surface area contributed by atoms with Gasteiger partial charge < -0.3 is 0 Å². The highest BCUT2D eigenvalue weighted by Crippen LogP contribution is 2.24. The van der Waals surface area contributed by atoms with E-state index in [2.05, 4.69) is 0 Å². The van der Waals surface area contributed by atoms with Gasteiger partial charge in [0.25, 0.3) is 0 Å². The lowest BCUT2D eigenvalue weighted by molar-refractivity contribution is 0.102. The third-order valence-corrected chi connectivity index (χ3v) is 4.25. The highest BCUT2D eigenvalue weighted by molar-refractivity contribution is 8.00. The summed E-state index contributed by atoms with van der Waals surface area (Å²) in [6.07, 6.45) is 0. The molecule has 0 N–H and O–H groups in total. The number of Topliss-reactive ketones (excluding diaryl/α,β-unsaturated/α-hetero) is 1. The Kier molecular flexibility index (Phi) is 4.04. The minimum Gasteiger partial charge on any atom is -0.292 e. The quantitative estimate of drug-likeness (QED) is 0.605. The van der Waals surface area contributed by atoms with E-state index in [0.29, 0.717) is 10.1 Å². The third-order valence-electron chi connectivity index (χ3n) is 1.96. The Bertz CT molecular complexity index is 479. The average molecular weight is 269 g/mol. The molecule has 16 heavy (non-hydrogen) atoms. The maximum absolute atomic E-state index is 11.8.